The number of ether oxygens (including phenoxy) is 1. The van der Waals surface area contributed by atoms with Gasteiger partial charge in [0.05, 0.1) is 6.61 Å². The van der Waals surface area contributed by atoms with Crippen LogP contribution >= 0.6 is 0 Å². The van der Waals surface area contributed by atoms with Gasteiger partial charge < -0.3 is 21.1 Å². The average Bonchev–Trinajstić information content (AvgIpc) is 3.11. The van der Waals surface area contributed by atoms with Crippen molar-refractivity contribution in [3.8, 4) is 5.75 Å². The lowest BCUT2D eigenvalue weighted by Crippen LogP contribution is -2.23. The first-order chi connectivity index (χ1) is 13.0. The van der Waals surface area contributed by atoms with Gasteiger partial charge in [0, 0.05) is 28.9 Å². The number of amides is 2. The van der Waals surface area contributed by atoms with Crippen LogP contribution in [0.3, 0.4) is 0 Å². The third-order valence-electron chi connectivity index (χ3n) is 4.68. The first-order valence-electron chi connectivity index (χ1n) is 9.26. The van der Waals surface area contributed by atoms with E-state index in [0.29, 0.717) is 23.5 Å². The SMILES string of the molecule is CCOc1ccc(NC(=O)c2ccc(NC(=O)C3CCC(N)C3)cc2)cc1. The van der Waals surface area contributed by atoms with Gasteiger partial charge in [0.2, 0.25) is 5.91 Å². The summed E-state index contributed by atoms with van der Waals surface area (Å²) in [4.78, 5) is 24.6. The average molecular weight is 367 g/mol. The molecule has 4 N–H and O–H groups in total. The highest BCUT2D eigenvalue weighted by atomic mass is 16.5. The van der Waals surface area contributed by atoms with Crippen molar-refractivity contribution in [2.24, 2.45) is 11.7 Å². The number of rotatable bonds is 6. The lowest BCUT2D eigenvalue weighted by molar-refractivity contribution is -0.119. The van der Waals surface area contributed by atoms with Crippen LogP contribution in [0.25, 0.3) is 0 Å². The predicted molar refractivity (Wildman–Crippen MR) is 106 cm³/mol. The summed E-state index contributed by atoms with van der Waals surface area (Å²) in [5.41, 5.74) is 7.75. The molecule has 2 atom stereocenters. The summed E-state index contributed by atoms with van der Waals surface area (Å²) in [7, 11) is 0. The van der Waals surface area contributed by atoms with Gasteiger partial charge in [-0.25, -0.2) is 0 Å². The number of anilines is 2. The lowest BCUT2D eigenvalue weighted by atomic mass is 10.1. The number of carbonyl (C=O) groups is 2. The predicted octanol–water partition coefficient (Wildman–Crippen LogP) is 3.40. The molecule has 0 aliphatic heterocycles. The fraction of sp³-hybridized carbons (Fsp3) is 0.333. The van der Waals surface area contributed by atoms with Gasteiger partial charge in [-0.05, 0) is 74.7 Å². The Labute approximate surface area is 159 Å². The van der Waals surface area contributed by atoms with Crippen molar-refractivity contribution in [2.45, 2.75) is 32.2 Å². The maximum Gasteiger partial charge on any atom is 0.255 e. The summed E-state index contributed by atoms with van der Waals surface area (Å²) in [5.74, 6) is 0.523. The smallest absolute Gasteiger partial charge is 0.255 e. The van der Waals surface area contributed by atoms with Crippen LogP contribution < -0.4 is 21.1 Å². The summed E-state index contributed by atoms with van der Waals surface area (Å²) in [6.07, 6.45) is 2.45. The number of nitrogens with one attached hydrogen (secondary N) is 2. The van der Waals surface area contributed by atoms with Gasteiger partial charge in [0.15, 0.2) is 0 Å². The van der Waals surface area contributed by atoms with Crippen LogP contribution in [-0.2, 0) is 4.79 Å². The fourth-order valence-electron chi connectivity index (χ4n) is 3.21. The zero-order chi connectivity index (χ0) is 19.2. The monoisotopic (exact) mass is 367 g/mol. The molecule has 1 aliphatic rings. The molecule has 0 saturated heterocycles. The lowest BCUT2D eigenvalue weighted by Gasteiger charge is -2.11. The second-order valence-corrected chi connectivity index (χ2v) is 6.75. The van der Waals surface area contributed by atoms with E-state index in [1.807, 2.05) is 19.1 Å². The summed E-state index contributed by atoms with van der Waals surface area (Å²) < 4.78 is 5.38. The molecule has 0 spiro atoms. The first-order valence-corrected chi connectivity index (χ1v) is 9.26. The van der Waals surface area contributed by atoms with Crippen LogP contribution in [0.4, 0.5) is 11.4 Å². The molecule has 6 heteroatoms. The van der Waals surface area contributed by atoms with E-state index < -0.39 is 0 Å². The van der Waals surface area contributed by atoms with E-state index >= 15 is 0 Å². The molecule has 0 heterocycles. The molecular formula is C21H25N3O3. The van der Waals surface area contributed by atoms with Gasteiger partial charge in [-0.3, -0.25) is 9.59 Å². The summed E-state index contributed by atoms with van der Waals surface area (Å²) in [6.45, 7) is 2.52. The number of carbonyl (C=O) groups excluding carboxylic acids is 2. The Morgan fingerprint density at radius 3 is 2.22 bits per heavy atom. The Morgan fingerprint density at radius 1 is 1.00 bits per heavy atom. The zero-order valence-electron chi connectivity index (χ0n) is 15.4. The second kappa shape index (κ2) is 8.68. The minimum atomic E-state index is -0.209. The van der Waals surface area contributed by atoms with Crippen molar-refractivity contribution >= 4 is 23.2 Å². The van der Waals surface area contributed by atoms with E-state index in [9.17, 15) is 9.59 Å². The van der Waals surface area contributed by atoms with Crippen molar-refractivity contribution in [3.05, 3.63) is 54.1 Å². The highest BCUT2D eigenvalue weighted by Gasteiger charge is 2.27. The van der Waals surface area contributed by atoms with Crippen LogP contribution in [0.1, 0.15) is 36.5 Å². The van der Waals surface area contributed by atoms with E-state index in [0.717, 1.165) is 25.0 Å². The molecule has 27 heavy (non-hydrogen) atoms. The molecule has 2 aromatic carbocycles. The van der Waals surface area contributed by atoms with Crippen LogP contribution in [-0.4, -0.2) is 24.5 Å². The molecule has 0 radical (unpaired) electrons. The number of hydrogen-bond acceptors (Lipinski definition) is 4. The van der Waals surface area contributed by atoms with Gasteiger partial charge in [0.25, 0.3) is 5.91 Å². The third-order valence-corrected chi connectivity index (χ3v) is 4.68. The molecule has 2 amide bonds. The van der Waals surface area contributed by atoms with Crippen molar-refractivity contribution < 1.29 is 14.3 Å². The number of benzene rings is 2. The maximum atomic E-state index is 12.4. The Balaban J connectivity index is 1.56. The second-order valence-electron chi connectivity index (χ2n) is 6.75. The first kappa shape index (κ1) is 18.9. The van der Waals surface area contributed by atoms with E-state index in [1.165, 1.54) is 0 Å². The standard InChI is InChI=1S/C21H25N3O3/c1-2-27-19-11-9-18(10-12-19)23-20(25)14-4-7-17(8-5-14)24-21(26)15-3-6-16(22)13-15/h4-5,7-12,15-16H,2-3,6,13,22H2,1H3,(H,23,25)(H,24,26). The van der Waals surface area contributed by atoms with Gasteiger partial charge in [-0.2, -0.15) is 0 Å². The van der Waals surface area contributed by atoms with Crippen LogP contribution in [0.15, 0.2) is 48.5 Å². The third kappa shape index (κ3) is 5.08. The molecule has 1 saturated carbocycles. The molecule has 142 valence electrons. The normalized spacial score (nSPS) is 18.7. The molecule has 0 bridgehead atoms. The number of nitrogens with two attached hydrogens (primary N) is 1. The minimum Gasteiger partial charge on any atom is -0.494 e. The van der Waals surface area contributed by atoms with E-state index in [-0.39, 0.29) is 23.8 Å². The van der Waals surface area contributed by atoms with Crippen LogP contribution in [0, 0.1) is 5.92 Å². The van der Waals surface area contributed by atoms with Crippen molar-refractivity contribution in [1.29, 1.82) is 0 Å². The molecule has 2 aromatic rings. The van der Waals surface area contributed by atoms with Crippen LogP contribution in [0.2, 0.25) is 0 Å². The van der Waals surface area contributed by atoms with Gasteiger partial charge in [-0.15, -0.1) is 0 Å². The van der Waals surface area contributed by atoms with Crippen molar-refractivity contribution in [1.82, 2.24) is 0 Å². The Hall–Kier alpha value is -2.86. The summed E-state index contributed by atoms with van der Waals surface area (Å²) >= 11 is 0. The summed E-state index contributed by atoms with van der Waals surface area (Å²) in [5, 5.41) is 5.74. The van der Waals surface area contributed by atoms with Gasteiger partial charge in [0.1, 0.15) is 5.75 Å². The number of hydrogen-bond donors (Lipinski definition) is 3. The Kier molecular flexibility index (Phi) is 6.08. The highest BCUT2D eigenvalue weighted by molar-refractivity contribution is 6.04. The van der Waals surface area contributed by atoms with Gasteiger partial charge >= 0.3 is 0 Å². The molecule has 0 aromatic heterocycles. The highest BCUT2D eigenvalue weighted by Crippen LogP contribution is 2.25. The van der Waals surface area contributed by atoms with Crippen molar-refractivity contribution in [2.75, 3.05) is 17.2 Å². The molecule has 1 fully saturated rings. The van der Waals surface area contributed by atoms with E-state index in [2.05, 4.69) is 10.6 Å². The molecule has 1 aliphatic carbocycles. The molecular weight excluding hydrogens is 342 g/mol. The maximum absolute atomic E-state index is 12.4. The topological polar surface area (TPSA) is 93.5 Å². The molecule has 2 unspecified atom stereocenters. The molecule has 6 nitrogen and oxygen atoms in total. The fourth-order valence-corrected chi connectivity index (χ4v) is 3.21. The summed E-state index contributed by atoms with van der Waals surface area (Å²) in [6, 6.07) is 14.2. The molecule has 3 rings (SSSR count). The Morgan fingerprint density at radius 2 is 1.63 bits per heavy atom. The minimum absolute atomic E-state index is 0.00506. The van der Waals surface area contributed by atoms with Gasteiger partial charge in [-0.1, -0.05) is 0 Å². The van der Waals surface area contributed by atoms with Crippen molar-refractivity contribution in [3.63, 3.8) is 0 Å². The zero-order valence-corrected chi connectivity index (χ0v) is 15.4. The van der Waals surface area contributed by atoms with Crippen LogP contribution in [0.5, 0.6) is 5.75 Å². The van der Waals surface area contributed by atoms with E-state index in [4.69, 9.17) is 10.5 Å². The van der Waals surface area contributed by atoms with E-state index in [1.54, 1.807) is 36.4 Å². The Bertz CT molecular complexity index is 787. The quantitative estimate of drug-likeness (QED) is 0.729. The largest absolute Gasteiger partial charge is 0.494 e.